The van der Waals surface area contributed by atoms with E-state index in [1.807, 2.05) is 14.1 Å². The van der Waals surface area contributed by atoms with Gasteiger partial charge in [0.25, 0.3) is 0 Å². The van der Waals surface area contributed by atoms with Crippen LogP contribution in [0.1, 0.15) is 12.8 Å². The Morgan fingerprint density at radius 1 is 1.44 bits per heavy atom. The zero-order chi connectivity index (χ0) is 6.20. The maximum atomic E-state index is 8.79. The quantitative estimate of drug-likeness (QED) is 0.621. The molecule has 1 saturated carbocycles. The average molecular weight is 152 g/mol. The van der Waals surface area contributed by atoms with Gasteiger partial charge in [-0.15, -0.1) is 12.4 Å². The molecule has 0 saturated heterocycles. The Labute approximate surface area is 62.3 Å². The van der Waals surface area contributed by atoms with E-state index < -0.39 is 0 Å². The fraction of sp³-hybridized carbons (Fsp3) is 1.00. The molecule has 0 aromatic heterocycles. The van der Waals surface area contributed by atoms with Crippen LogP contribution in [0.4, 0.5) is 0 Å². The summed E-state index contributed by atoms with van der Waals surface area (Å²) in [5, 5.41) is 8.79. The molecule has 0 radical (unpaired) electrons. The standard InChI is InChI=1S/C6H13NO.ClH/c1-7(2)6(5-8)3-4-6;/h8H,3-5H2,1-2H3;1H. The van der Waals surface area contributed by atoms with E-state index in [2.05, 4.69) is 4.90 Å². The van der Waals surface area contributed by atoms with Gasteiger partial charge in [0.15, 0.2) is 0 Å². The van der Waals surface area contributed by atoms with E-state index in [4.69, 9.17) is 5.11 Å². The van der Waals surface area contributed by atoms with E-state index in [0.29, 0.717) is 6.61 Å². The lowest BCUT2D eigenvalue weighted by Gasteiger charge is -2.20. The third-order valence-corrected chi connectivity index (χ3v) is 2.07. The molecule has 1 aliphatic rings. The first kappa shape index (κ1) is 9.21. The number of nitrogens with zero attached hydrogens (tertiary/aromatic N) is 1. The molecule has 0 spiro atoms. The molecular weight excluding hydrogens is 138 g/mol. The smallest absolute Gasteiger partial charge is 0.0615 e. The van der Waals surface area contributed by atoms with Crippen LogP contribution in [0.15, 0.2) is 0 Å². The van der Waals surface area contributed by atoms with E-state index in [1.54, 1.807) is 0 Å². The zero-order valence-corrected chi connectivity index (χ0v) is 6.74. The summed E-state index contributed by atoms with van der Waals surface area (Å²) in [4.78, 5) is 2.10. The van der Waals surface area contributed by atoms with Crippen LogP contribution in [-0.4, -0.2) is 36.2 Å². The summed E-state index contributed by atoms with van der Waals surface area (Å²) in [5.74, 6) is 0. The van der Waals surface area contributed by atoms with Crippen molar-refractivity contribution in [3.05, 3.63) is 0 Å². The Balaban J connectivity index is 0.000000640. The fourth-order valence-electron chi connectivity index (χ4n) is 0.891. The molecule has 1 N–H and O–H groups in total. The molecule has 0 unspecified atom stereocenters. The zero-order valence-electron chi connectivity index (χ0n) is 5.92. The number of aliphatic hydroxyl groups excluding tert-OH is 1. The van der Waals surface area contributed by atoms with Crippen LogP contribution in [0.3, 0.4) is 0 Å². The minimum Gasteiger partial charge on any atom is -0.394 e. The van der Waals surface area contributed by atoms with Crippen molar-refractivity contribution in [2.75, 3.05) is 20.7 Å². The average Bonchev–Trinajstić information content (AvgIpc) is 2.44. The van der Waals surface area contributed by atoms with Crippen molar-refractivity contribution in [2.45, 2.75) is 18.4 Å². The summed E-state index contributed by atoms with van der Waals surface area (Å²) in [7, 11) is 4.03. The number of halogens is 1. The first-order chi connectivity index (χ1) is 3.71. The summed E-state index contributed by atoms with van der Waals surface area (Å²) >= 11 is 0. The van der Waals surface area contributed by atoms with Gasteiger partial charge in [-0.3, -0.25) is 0 Å². The topological polar surface area (TPSA) is 23.5 Å². The molecule has 56 valence electrons. The lowest BCUT2D eigenvalue weighted by Crippen LogP contribution is -2.33. The molecule has 0 aliphatic heterocycles. The molecule has 0 amide bonds. The van der Waals surface area contributed by atoms with Crippen molar-refractivity contribution in [1.82, 2.24) is 4.90 Å². The molecule has 0 bridgehead atoms. The van der Waals surface area contributed by atoms with Gasteiger partial charge in [0.2, 0.25) is 0 Å². The van der Waals surface area contributed by atoms with Crippen LogP contribution in [0.2, 0.25) is 0 Å². The van der Waals surface area contributed by atoms with Crippen molar-refractivity contribution in [2.24, 2.45) is 0 Å². The van der Waals surface area contributed by atoms with Crippen LogP contribution in [0, 0.1) is 0 Å². The highest BCUT2D eigenvalue weighted by atomic mass is 35.5. The molecule has 1 rings (SSSR count). The molecule has 1 aliphatic carbocycles. The Kier molecular flexibility index (Phi) is 2.93. The van der Waals surface area contributed by atoms with Crippen molar-refractivity contribution in [3.8, 4) is 0 Å². The van der Waals surface area contributed by atoms with Crippen LogP contribution in [-0.2, 0) is 0 Å². The van der Waals surface area contributed by atoms with Crippen LogP contribution < -0.4 is 0 Å². The molecule has 2 nitrogen and oxygen atoms in total. The Bertz CT molecular complexity index is 91.1. The van der Waals surface area contributed by atoms with Gasteiger partial charge in [0, 0.05) is 5.54 Å². The maximum absolute atomic E-state index is 8.79. The number of hydrogen-bond acceptors (Lipinski definition) is 2. The van der Waals surface area contributed by atoms with Gasteiger partial charge in [-0.1, -0.05) is 0 Å². The second kappa shape index (κ2) is 2.86. The van der Waals surface area contributed by atoms with E-state index >= 15 is 0 Å². The van der Waals surface area contributed by atoms with Gasteiger partial charge in [0.05, 0.1) is 6.61 Å². The van der Waals surface area contributed by atoms with Gasteiger partial charge in [0.1, 0.15) is 0 Å². The first-order valence-corrected chi connectivity index (χ1v) is 2.99. The van der Waals surface area contributed by atoms with Crippen LogP contribution in [0.5, 0.6) is 0 Å². The summed E-state index contributed by atoms with van der Waals surface area (Å²) in [6, 6.07) is 0. The highest BCUT2D eigenvalue weighted by molar-refractivity contribution is 5.85. The molecule has 1 fully saturated rings. The van der Waals surface area contributed by atoms with Crippen molar-refractivity contribution in [3.63, 3.8) is 0 Å². The lowest BCUT2D eigenvalue weighted by molar-refractivity contribution is 0.152. The highest BCUT2D eigenvalue weighted by Gasteiger charge is 2.43. The van der Waals surface area contributed by atoms with Crippen molar-refractivity contribution >= 4 is 12.4 Å². The van der Waals surface area contributed by atoms with Gasteiger partial charge in [-0.25, -0.2) is 0 Å². The highest BCUT2D eigenvalue weighted by Crippen LogP contribution is 2.38. The second-order valence-corrected chi connectivity index (χ2v) is 2.78. The maximum Gasteiger partial charge on any atom is 0.0615 e. The molecule has 0 aromatic rings. The largest absolute Gasteiger partial charge is 0.394 e. The molecular formula is C6H14ClNO. The van der Waals surface area contributed by atoms with Crippen molar-refractivity contribution < 1.29 is 5.11 Å². The Hall–Kier alpha value is 0.210. The van der Waals surface area contributed by atoms with Gasteiger partial charge >= 0.3 is 0 Å². The Morgan fingerprint density at radius 2 is 1.89 bits per heavy atom. The Morgan fingerprint density at radius 3 is 1.89 bits per heavy atom. The predicted molar refractivity (Wildman–Crippen MR) is 40.0 cm³/mol. The van der Waals surface area contributed by atoms with E-state index in [-0.39, 0.29) is 17.9 Å². The summed E-state index contributed by atoms with van der Waals surface area (Å²) < 4.78 is 0. The van der Waals surface area contributed by atoms with Gasteiger partial charge in [-0.2, -0.15) is 0 Å². The SMILES string of the molecule is CN(C)C1(CO)CC1.Cl. The predicted octanol–water partition coefficient (Wildman–Crippen LogP) is 0.495. The normalized spacial score (nSPS) is 21.3. The van der Waals surface area contributed by atoms with Crippen LogP contribution in [0.25, 0.3) is 0 Å². The third-order valence-electron chi connectivity index (χ3n) is 2.07. The summed E-state index contributed by atoms with van der Waals surface area (Å²) in [5.41, 5.74) is 0.181. The lowest BCUT2D eigenvalue weighted by atomic mass is 10.3. The van der Waals surface area contributed by atoms with E-state index in [9.17, 15) is 0 Å². The van der Waals surface area contributed by atoms with E-state index in [1.165, 1.54) is 0 Å². The minimum atomic E-state index is 0. The summed E-state index contributed by atoms with van der Waals surface area (Å²) in [6.07, 6.45) is 2.33. The van der Waals surface area contributed by atoms with Gasteiger partial charge < -0.3 is 10.0 Å². The molecule has 3 heteroatoms. The summed E-state index contributed by atoms with van der Waals surface area (Å²) in [6.45, 7) is 0.319. The molecule has 9 heavy (non-hydrogen) atoms. The minimum absolute atomic E-state index is 0. The number of likely N-dealkylation sites (N-methyl/N-ethyl adjacent to an activating group) is 1. The third kappa shape index (κ3) is 1.57. The van der Waals surface area contributed by atoms with Crippen LogP contribution >= 0.6 is 12.4 Å². The molecule has 0 atom stereocenters. The monoisotopic (exact) mass is 151 g/mol. The molecule has 0 aromatic carbocycles. The fourth-order valence-corrected chi connectivity index (χ4v) is 0.891. The van der Waals surface area contributed by atoms with Crippen molar-refractivity contribution in [1.29, 1.82) is 0 Å². The second-order valence-electron chi connectivity index (χ2n) is 2.78. The molecule has 0 heterocycles. The van der Waals surface area contributed by atoms with E-state index in [0.717, 1.165) is 12.8 Å². The van der Waals surface area contributed by atoms with Gasteiger partial charge in [-0.05, 0) is 26.9 Å². The number of hydrogen-bond donors (Lipinski definition) is 1. The number of rotatable bonds is 2. The first-order valence-electron chi connectivity index (χ1n) is 2.99. The number of aliphatic hydroxyl groups is 1.